The smallest absolute Gasteiger partial charge is 0.277 e. The van der Waals surface area contributed by atoms with Crippen molar-refractivity contribution in [3.05, 3.63) is 46.0 Å². The first kappa shape index (κ1) is 16.5. The average molecular weight is 305 g/mol. The minimum absolute atomic E-state index is 0.00399. The van der Waals surface area contributed by atoms with E-state index in [9.17, 15) is 15.2 Å². The Morgan fingerprint density at radius 2 is 2.18 bits per heavy atom. The monoisotopic (exact) mass is 305 g/mol. The zero-order chi connectivity index (χ0) is 16.1. The Labute approximate surface area is 130 Å². The van der Waals surface area contributed by atoms with Crippen LogP contribution in [-0.2, 0) is 0 Å². The highest BCUT2D eigenvalue weighted by atomic mass is 16.6. The van der Waals surface area contributed by atoms with E-state index in [1.807, 2.05) is 6.08 Å². The minimum atomic E-state index is -0.405. The van der Waals surface area contributed by atoms with Crippen LogP contribution in [0.5, 0.6) is 5.75 Å². The number of nitro benzene ring substituents is 1. The summed E-state index contributed by atoms with van der Waals surface area (Å²) in [5, 5.41) is 25.1. The van der Waals surface area contributed by atoms with Gasteiger partial charge >= 0.3 is 0 Å². The highest BCUT2D eigenvalue weighted by molar-refractivity contribution is 5.54. The maximum absolute atomic E-state index is 11.4. The Hall–Kier alpha value is -1.92. The normalized spacial score (nSPS) is 17.1. The number of allylic oxidation sites excluding steroid dienone is 1. The van der Waals surface area contributed by atoms with Gasteiger partial charge in [-0.2, -0.15) is 0 Å². The molecule has 0 amide bonds. The molecule has 1 aromatic carbocycles. The molecule has 0 radical (unpaired) electrons. The van der Waals surface area contributed by atoms with E-state index in [1.54, 1.807) is 13.0 Å². The molecule has 1 saturated heterocycles. The predicted molar refractivity (Wildman–Crippen MR) is 86.1 cm³/mol. The number of nitrogens with one attached hydrogen (secondary N) is 1. The van der Waals surface area contributed by atoms with E-state index >= 15 is 0 Å². The van der Waals surface area contributed by atoms with E-state index in [0.717, 1.165) is 32.6 Å². The van der Waals surface area contributed by atoms with Gasteiger partial charge < -0.3 is 10.4 Å². The molecule has 0 aliphatic carbocycles. The fourth-order valence-corrected chi connectivity index (χ4v) is 2.97. The van der Waals surface area contributed by atoms with Crippen LogP contribution in [0.25, 0.3) is 0 Å². The average Bonchev–Trinajstić information content (AvgIpc) is 2.52. The molecule has 1 heterocycles. The summed E-state index contributed by atoms with van der Waals surface area (Å²) < 4.78 is 0. The third-order valence-corrected chi connectivity index (χ3v) is 4.16. The van der Waals surface area contributed by atoms with Gasteiger partial charge in [-0.25, -0.2) is 0 Å². The van der Waals surface area contributed by atoms with Crippen molar-refractivity contribution in [3.8, 4) is 5.75 Å². The second-order valence-electron chi connectivity index (χ2n) is 5.59. The number of rotatable bonds is 6. The predicted octanol–water partition coefficient (Wildman–Crippen LogP) is 2.52. The molecule has 22 heavy (non-hydrogen) atoms. The number of piperazine rings is 1. The number of phenols is 1. The Morgan fingerprint density at radius 1 is 1.50 bits per heavy atom. The van der Waals surface area contributed by atoms with Crippen molar-refractivity contribution in [2.24, 2.45) is 0 Å². The van der Waals surface area contributed by atoms with Crippen LogP contribution >= 0.6 is 0 Å². The number of aryl methyl sites for hydroxylation is 1. The number of phenolic OH excluding ortho intramolecular Hbond substituents is 1. The van der Waals surface area contributed by atoms with E-state index in [4.69, 9.17) is 0 Å². The molecule has 1 fully saturated rings. The summed E-state index contributed by atoms with van der Waals surface area (Å²) in [7, 11) is 0. The molecule has 0 unspecified atom stereocenters. The SMILES string of the molecule is C=CCC[C@H](c1c([N+](=O)[O-])ccc(C)c1O)N1CCNCC1. The van der Waals surface area contributed by atoms with Gasteiger partial charge in [0.2, 0.25) is 0 Å². The summed E-state index contributed by atoms with van der Waals surface area (Å²) in [4.78, 5) is 13.2. The number of nitrogens with zero attached hydrogens (tertiary/aromatic N) is 2. The highest BCUT2D eigenvalue weighted by Crippen LogP contribution is 2.40. The van der Waals surface area contributed by atoms with Crippen molar-refractivity contribution in [2.45, 2.75) is 25.8 Å². The molecule has 1 aromatic rings. The molecule has 1 atom stereocenters. The number of hydrogen-bond acceptors (Lipinski definition) is 5. The molecule has 0 bridgehead atoms. The Bertz CT molecular complexity index is 554. The molecule has 1 aliphatic heterocycles. The van der Waals surface area contributed by atoms with Gasteiger partial charge in [-0.3, -0.25) is 15.0 Å². The lowest BCUT2D eigenvalue weighted by Crippen LogP contribution is -2.45. The van der Waals surface area contributed by atoms with Crippen LogP contribution in [0.15, 0.2) is 24.8 Å². The second-order valence-corrected chi connectivity index (χ2v) is 5.59. The Morgan fingerprint density at radius 3 is 2.77 bits per heavy atom. The van der Waals surface area contributed by atoms with Gasteiger partial charge in [-0.15, -0.1) is 6.58 Å². The van der Waals surface area contributed by atoms with Gasteiger partial charge in [-0.05, 0) is 31.4 Å². The van der Waals surface area contributed by atoms with Gasteiger partial charge in [0.1, 0.15) is 5.75 Å². The second kappa shape index (κ2) is 7.38. The third kappa shape index (κ3) is 3.45. The number of hydrogen-bond donors (Lipinski definition) is 2. The van der Waals surface area contributed by atoms with Crippen LogP contribution in [-0.4, -0.2) is 41.1 Å². The zero-order valence-corrected chi connectivity index (χ0v) is 12.9. The molecule has 6 heteroatoms. The van der Waals surface area contributed by atoms with Crippen LogP contribution in [0.3, 0.4) is 0 Å². The van der Waals surface area contributed by atoms with E-state index in [-0.39, 0.29) is 17.5 Å². The first-order chi connectivity index (χ1) is 10.6. The van der Waals surface area contributed by atoms with E-state index in [2.05, 4.69) is 16.8 Å². The molecular formula is C16H23N3O3. The Balaban J connectivity index is 2.47. The summed E-state index contributed by atoms with van der Waals surface area (Å²) >= 11 is 0. The molecule has 1 aliphatic rings. The first-order valence-corrected chi connectivity index (χ1v) is 7.58. The lowest BCUT2D eigenvalue weighted by atomic mass is 9.95. The fraction of sp³-hybridized carbons (Fsp3) is 0.500. The summed E-state index contributed by atoms with van der Waals surface area (Å²) in [6, 6.07) is 2.92. The topological polar surface area (TPSA) is 78.6 Å². The van der Waals surface area contributed by atoms with Gasteiger partial charge in [-0.1, -0.05) is 6.08 Å². The lowest BCUT2D eigenvalue weighted by molar-refractivity contribution is -0.386. The summed E-state index contributed by atoms with van der Waals surface area (Å²) in [5.74, 6) is 0.0433. The molecule has 120 valence electrons. The molecule has 6 nitrogen and oxygen atoms in total. The maximum atomic E-state index is 11.4. The zero-order valence-electron chi connectivity index (χ0n) is 12.9. The van der Waals surface area contributed by atoms with Gasteiger partial charge in [0.15, 0.2) is 0 Å². The molecule has 0 spiro atoms. The van der Waals surface area contributed by atoms with Crippen LogP contribution in [0.2, 0.25) is 0 Å². The molecule has 2 rings (SSSR count). The van der Waals surface area contributed by atoms with E-state index in [0.29, 0.717) is 17.5 Å². The molecule has 2 N–H and O–H groups in total. The van der Waals surface area contributed by atoms with Crippen LogP contribution in [0.4, 0.5) is 5.69 Å². The van der Waals surface area contributed by atoms with Crippen molar-refractivity contribution in [2.75, 3.05) is 26.2 Å². The largest absolute Gasteiger partial charge is 0.507 e. The number of benzene rings is 1. The van der Waals surface area contributed by atoms with E-state index in [1.165, 1.54) is 6.07 Å². The van der Waals surface area contributed by atoms with Crippen LogP contribution in [0.1, 0.15) is 30.0 Å². The standard InChI is InChI=1S/C16H23N3O3/c1-3-4-5-13(18-10-8-17-9-11-18)15-14(19(21)22)7-6-12(2)16(15)20/h3,6-7,13,17,20H,1,4-5,8-11H2,2H3/t13-/m1/s1. The van der Waals surface area contributed by atoms with Crippen molar-refractivity contribution in [1.29, 1.82) is 0 Å². The van der Waals surface area contributed by atoms with Crippen LogP contribution < -0.4 is 5.32 Å². The summed E-state index contributed by atoms with van der Waals surface area (Å²) in [6.07, 6.45) is 3.27. The van der Waals surface area contributed by atoms with Crippen molar-refractivity contribution in [1.82, 2.24) is 10.2 Å². The Kier molecular flexibility index (Phi) is 5.51. The van der Waals surface area contributed by atoms with Gasteiger partial charge in [0.25, 0.3) is 5.69 Å². The fourth-order valence-electron chi connectivity index (χ4n) is 2.97. The lowest BCUT2D eigenvalue weighted by Gasteiger charge is -2.35. The van der Waals surface area contributed by atoms with Gasteiger partial charge in [0.05, 0.1) is 10.5 Å². The molecule has 0 saturated carbocycles. The number of nitro groups is 1. The third-order valence-electron chi connectivity index (χ3n) is 4.16. The first-order valence-electron chi connectivity index (χ1n) is 7.58. The summed E-state index contributed by atoms with van der Waals surface area (Å²) in [6.45, 7) is 8.84. The van der Waals surface area contributed by atoms with Crippen molar-refractivity contribution in [3.63, 3.8) is 0 Å². The summed E-state index contributed by atoms with van der Waals surface area (Å²) in [5.41, 5.74) is 1.10. The van der Waals surface area contributed by atoms with Gasteiger partial charge in [0, 0.05) is 38.3 Å². The van der Waals surface area contributed by atoms with E-state index < -0.39 is 4.92 Å². The molecule has 0 aromatic heterocycles. The number of aromatic hydroxyl groups is 1. The molecular weight excluding hydrogens is 282 g/mol. The quantitative estimate of drug-likeness (QED) is 0.480. The van der Waals surface area contributed by atoms with Crippen molar-refractivity contribution < 1.29 is 10.0 Å². The van der Waals surface area contributed by atoms with Crippen molar-refractivity contribution >= 4 is 5.69 Å². The maximum Gasteiger partial charge on any atom is 0.277 e. The van der Waals surface area contributed by atoms with Crippen LogP contribution in [0, 0.1) is 17.0 Å². The minimum Gasteiger partial charge on any atom is -0.507 e. The highest BCUT2D eigenvalue weighted by Gasteiger charge is 2.31.